The first-order chi connectivity index (χ1) is 14.1. The molecule has 148 valence electrons. The highest BCUT2D eigenvalue weighted by atomic mass is 19.1. The Morgan fingerprint density at radius 1 is 1.14 bits per heavy atom. The maximum Gasteiger partial charge on any atom is 0.334 e. The van der Waals surface area contributed by atoms with Crippen molar-refractivity contribution in [3.63, 3.8) is 0 Å². The van der Waals surface area contributed by atoms with Crippen LogP contribution in [0, 0.1) is 5.82 Å². The van der Waals surface area contributed by atoms with E-state index in [4.69, 9.17) is 9.47 Å². The molecule has 0 aliphatic carbocycles. The van der Waals surface area contributed by atoms with Gasteiger partial charge in [-0.3, -0.25) is 14.2 Å². The van der Waals surface area contributed by atoms with Gasteiger partial charge in [0.2, 0.25) is 5.88 Å². The highest BCUT2D eigenvalue weighted by Gasteiger charge is 2.13. The molecule has 3 aromatic heterocycles. The van der Waals surface area contributed by atoms with Crippen LogP contribution in [0.5, 0.6) is 11.6 Å². The van der Waals surface area contributed by atoms with Gasteiger partial charge in [0.15, 0.2) is 0 Å². The Morgan fingerprint density at radius 2 is 2.00 bits per heavy atom. The van der Waals surface area contributed by atoms with Crippen LogP contribution in [0.3, 0.4) is 0 Å². The number of nitrogens with zero attached hydrogens (tertiary/aromatic N) is 4. The molecule has 1 aromatic carbocycles. The number of rotatable bonds is 6. The second-order valence-electron chi connectivity index (χ2n) is 6.29. The van der Waals surface area contributed by atoms with E-state index in [0.717, 1.165) is 11.1 Å². The molecule has 3 heterocycles. The molecule has 0 saturated carbocycles. The average molecular weight is 395 g/mol. The molecule has 4 rings (SSSR count). The molecule has 0 aliphatic heterocycles. The largest absolute Gasteiger partial charge is 0.497 e. The van der Waals surface area contributed by atoms with Crippen molar-refractivity contribution >= 4 is 0 Å². The maximum absolute atomic E-state index is 13.7. The lowest BCUT2D eigenvalue weighted by Gasteiger charge is -2.09. The van der Waals surface area contributed by atoms with Gasteiger partial charge in [0, 0.05) is 35.8 Å². The molecule has 0 bridgehead atoms. The molecule has 0 aliphatic rings. The number of imidazole rings is 1. The van der Waals surface area contributed by atoms with Crippen molar-refractivity contribution in [2.45, 2.75) is 6.54 Å². The third kappa shape index (κ3) is 3.62. The topological polar surface area (TPSA) is 87.0 Å². The quantitative estimate of drug-likeness (QED) is 0.542. The highest BCUT2D eigenvalue weighted by molar-refractivity contribution is 5.67. The monoisotopic (exact) mass is 395 g/mol. The summed E-state index contributed by atoms with van der Waals surface area (Å²) in [6.45, 7) is 0.199. The summed E-state index contributed by atoms with van der Waals surface area (Å²) in [7, 11) is 2.98. The minimum atomic E-state index is -0.423. The fourth-order valence-electron chi connectivity index (χ4n) is 3.07. The molecule has 9 heteroatoms. The third-order valence-corrected chi connectivity index (χ3v) is 4.46. The lowest BCUT2D eigenvalue weighted by atomic mass is 10.1. The summed E-state index contributed by atoms with van der Waals surface area (Å²) >= 11 is 0. The SMILES string of the molecule is COc1cc(F)cc(Cn2ccn(-c3ccc(-c4cn[nH]c4)c(OC)n3)c2=O)c1. The fourth-order valence-corrected chi connectivity index (χ4v) is 3.07. The molecule has 0 spiro atoms. The van der Waals surface area contributed by atoms with Gasteiger partial charge >= 0.3 is 5.69 Å². The lowest BCUT2D eigenvalue weighted by molar-refractivity contribution is 0.399. The summed E-state index contributed by atoms with van der Waals surface area (Å²) in [6.07, 6.45) is 6.63. The summed E-state index contributed by atoms with van der Waals surface area (Å²) < 4.78 is 27.1. The molecular weight excluding hydrogens is 377 g/mol. The van der Waals surface area contributed by atoms with Crippen molar-refractivity contribution in [1.82, 2.24) is 24.3 Å². The molecule has 0 unspecified atom stereocenters. The number of benzene rings is 1. The molecular formula is C20H18FN5O3. The zero-order chi connectivity index (χ0) is 20.4. The number of hydrogen-bond donors (Lipinski definition) is 1. The lowest BCUT2D eigenvalue weighted by Crippen LogP contribution is -2.24. The number of nitrogens with one attached hydrogen (secondary N) is 1. The summed E-state index contributed by atoms with van der Waals surface area (Å²) in [6, 6.07) is 7.88. The summed E-state index contributed by atoms with van der Waals surface area (Å²) in [5.41, 5.74) is 1.89. The van der Waals surface area contributed by atoms with Gasteiger partial charge in [-0.1, -0.05) is 0 Å². The Hall–Kier alpha value is -3.88. The third-order valence-electron chi connectivity index (χ3n) is 4.46. The number of pyridine rings is 1. The summed E-state index contributed by atoms with van der Waals surface area (Å²) in [5.74, 6) is 0.759. The Balaban J connectivity index is 1.67. The van der Waals surface area contributed by atoms with Gasteiger partial charge in [0.25, 0.3) is 0 Å². The van der Waals surface area contributed by atoms with Gasteiger partial charge < -0.3 is 9.47 Å². The zero-order valence-electron chi connectivity index (χ0n) is 15.8. The predicted octanol–water partition coefficient (Wildman–Crippen LogP) is 2.63. The molecule has 0 saturated heterocycles. The van der Waals surface area contributed by atoms with Crippen molar-refractivity contribution in [3.05, 3.63) is 77.0 Å². The first kappa shape index (κ1) is 18.5. The number of aromatic nitrogens is 5. The van der Waals surface area contributed by atoms with Crippen LogP contribution in [0.4, 0.5) is 4.39 Å². The average Bonchev–Trinajstić information content (AvgIpc) is 3.38. The molecule has 4 aromatic rings. The molecule has 1 N–H and O–H groups in total. The molecule has 0 fully saturated rings. The van der Waals surface area contributed by atoms with E-state index in [9.17, 15) is 9.18 Å². The van der Waals surface area contributed by atoms with Gasteiger partial charge in [0.05, 0.1) is 27.0 Å². The van der Waals surface area contributed by atoms with Gasteiger partial charge in [-0.2, -0.15) is 10.1 Å². The standard InChI is InChI=1S/C20H18FN5O3/c1-28-16-8-13(7-15(21)9-16)12-25-5-6-26(20(25)27)18-4-3-17(19(24-18)29-2)14-10-22-23-11-14/h3-11H,12H2,1-2H3,(H,22,23). The molecule has 29 heavy (non-hydrogen) atoms. The van der Waals surface area contributed by atoms with Crippen LogP contribution in [0.2, 0.25) is 0 Å². The highest BCUT2D eigenvalue weighted by Crippen LogP contribution is 2.28. The molecule has 8 nitrogen and oxygen atoms in total. The van der Waals surface area contributed by atoms with Gasteiger partial charge in [0.1, 0.15) is 17.4 Å². The van der Waals surface area contributed by atoms with Gasteiger partial charge in [-0.05, 0) is 29.8 Å². The van der Waals surface area contributed by atoms with Crippen molar-refractivity contribution in [3.8, 4) is 28.6 Å². The van der Waals surface area contributed by atoms with E-state index in [2.05, 4.69) is 15.2 Å². The minimum absolute atomic E-state index is 0.199. The van der Waals surface area contributed by atoms with E-state index < -0.39 is 5.82 Å². The number of methoxy groups -OCH3 is 2. The second kappa shape index (κ2) is 7.63. The van der Waals surface area contributed by atoms with Crippen molar-refractivity contribution in [2.75, 3.05) is 14.2 Å². The molecule has 0 amide bonds. The number of H-pyrrole nitrogens is 1. The Kier molecular flexibility index (Phi) is 4.86. The fraction of sp³-hybridized carbons (Fsp3) is 0.150. The van der Waals surface area contributed by atoms with E-state index in [-0.39, 0.29) is 12.2 Å². The summed E-state index contributed by atoms with van der Waals surface area (Å²) in [5, 5.41) is 6.67. The van der Waals surface area contributed by atoms with Crippen molar-refractivity contribution in [1.29, 1.82) is 0 Å². The number of hydrogen-bond acceptors (Lipinski definition) is 5. The van der Waals surface area contributed by atoms with Crippen LogP contribution in [-0.4, -0.2) is 38.5 Å². The Bertz CT molecular complexity index is 1200. The molecule has 0 radical (unpaired) electrons. The minimum Gasteiger partial charge on any atom is -0.497 e. The predicted molar refractivity (Wildman–Crippen MR) is 104 cm³/mol. The second-order valence-corrected chi connectivity index (χ2v) is 6.29. The zero-order valence-corrected chi connectivity index (χ0v) is 15.8. The van der Waals surface area contributed by atoms with E-state index >= 15 is 0 Å². The van der Waals surface area contributed by atoms with E-state index in [1.165, 1.54) is 35.5 Å². The Labute approximate surface area is 165 Å². The van der Waals surface area contributed by atoms with E-state index in [0.29, 0.717) is 23.0 Å². The number of halogens is 1. The van der Waals surface area contributed by atoms with Crippen molar-refractivity contribution < 1.29 is 13.9 Å². The smallest absolute Gasteiger partial charge is 0.334 e. The first-order valence-corrected chi connectivity index (χ1v) is 8.75. The van der Waals surface area contributed by atoms with Crippen LogP contribution >= 0.6 is 0 Å². The normalized spacial score (nSPS) is 10.9. The van der Waals surface area contributed by atoms with Crippen LogP contribution in [0.25, 0.3) is 16.9 Å². The number of ether oxygens (including phenoxy) is 2. The molecule has 0 atom stereocenters. The van der Waals surface area contributed by atoms with Gasteiger partial charge in [-0.15, -0.1) is 0 Å². The van der Waals surface area contributed by atoms with Crippen molar-refractivity contribution in [2.24, 2.45) is 0 Å². The van der Waals surface area contributed by atoms with Crippen LogP contribution in [-0.2, 0) is 6.54 Å². The van der Waals surface area contributed by atoms with Crippen LogP contribution in [0.1, 0.15) is 5.56 Å². The van der Waals surface area contributed by atoms with Gasteiger partial charge in [-0.25, -0.2) is 9.18 Å². The Morgan fingerprint density at radius 3 is 2.72 bits per heavy atom. The van der Waals surface area contributed by atoms with E-state index in [1.54, 1.807) is 36.9 Å². The van der Waals surface area contributed by atoms with Crippen LogP contribution < -0.4 is 15.2 Å². The number of aromatic amines is 1. The van der Waals surface area contributed by atoms with Crippen LogP contribution in [0.15, 0.2) is 59.9 Å². The summed E-state index contributed by atoms with van der Waals surface area (Å²) in [4.78, 5) is 17.3. The first-order valence-electron chi connectivity index (χ1n) is 8.75. The maximum atomic E-state index is 13.7. The van der Waals surface area contributed by atoms with E-state index in [1.807, 2.05) is 6.07 Å².